The van der Waals surface area contributed by atoms with Crippen molar-refractivity contribution in [3.63, 3.8) is 0 Å². The molecule has 1 heterocycles. The van der Waals surface area contributed by atoms with E-state index in [9.17, 15) is 9.18 Å². The van der Waals surface area contributed by atoms with E-state index in [1.807, 2.05) is 0 Å². The zero-order valence-electron chi connectivity index (χ0n) is 7.80. The van der Waals surface area contributed by atoms with Crippen LogP contribution in [0.4, 0.5) is 4.39 Å². The van der Waals surface area contributed by atoms with Gasteiger partial charge in [-0.25, -0.2) is 0 Å². The van der Waals surface area contributed by atoms with Gasteiger partial charge in [0.05, 0.1) is 17.6 Å². The lowest BCUT2D eigenvalue weighted by atomic mass is 10.2. The van der Waals surface area contributed by atoms with Crippen molar-refractivity contribution in [2.45, 2.75) is 0 Å². The van der Waals surface area contributed by atoms with Gasteiger partial charge < -0.3 is 9.72 Å². The van der Waals surface area contributed by atoms with E-state index < -0.39 is 11.4 Å². The molecule has 0 aliphatic rings. The van der Waals surface area contributed by atoms with Crippen LogP contribution in [0.3, 0.4) is 0 Å². The summed E-state index contributed by atoms with van der Waals surface area (Å²) < 4.78 is 18.2. The summed E-state index contributed by atoms with van der Waals surface area (Å²) in [4.78, 5) is 13.4. The SMILES string of the molecule is COc1ccc2[nH]c(=O)c(F)c(Cl)c2c1. The van der Waals surface area contributed by atoms with Gasteiger partial charge >= 0.3 is 0 Å². The second kappa shape index (κ2) is 3.55. The molecule has 5 heteroatoms. The standard InChI is InChI=1S/C10H7ClFNO2/c1-15-5-2-3-7-6(4-5)8(11)9(12)10(14)13-7/h2-4H,1H3,(H,13,14). The first-order valence-electron chi connectivity index (χ1n) is 4.18. The molecule has 0 amide bonds. The predicted molar refractivity (Wildman–Crippen MR) is 56.1 cm³/mol. The van der Waals surface area contributed by atoms with Crippen molar-refractivity contribution in [2.75, 3.05) is 7.11 Å². The molecule has 3 nitrogen and oxygen atoms in total. The molecule has 0 aliphatic heterocycles. The van der Waals surface area contributed by atoms with Crippen molar-refractivity contribution < 1.29 is 9.13 Å². The van der Waals surface area contributed by atoms with Crippen molar-refractivity contribution in [1.29, 1.82) is 0 Å². The van der Waals surface area contributed by atoms with Gasteiger partial charge in [-0.2, -0.15) is 4.39 Å². The van der Waals surface area contributed by atoms with Gasteiger partial charge in [-0.05, 0) is 18.2 Å². The van der Waals surface area contributed by atoms with Crippen LogP contribution in [0.1, 0.15) is 0 Å². The molecule has 0 fully saturated rings. The van der Waals surface area contributed by atoms with Gasteiger partial charge in [-0.15, -0.1) is 0 Å². The zero-order chi connectivity index (χ0) is 11.0. The number of nitrogens with one attached hydrogen (secondary N) is 1. The number of aromatic amines is 1. The van der Waals surface area contributed by atoms with Crippen LogP contribution in [0, 0.1) is 5.82 Å². The second-order valence-corrected chi connectivity index (χ2v) is 3.37. The lowest BCUT2D eigenvalue weighted by molar-refractivity contribution is 0.415. The number of halogens is 2. The number of benzene rings is 1. The first-order chi connectivity index (χ1) is 7.13. The topological polar surface area (TPSA) is 42.1 Å². The van der Waals surface area contributed by atoms with Crippen molar-refractivity contribution in [3.05, 3.63) is 39.4 Å². The minimum atomic E-state index is -0.975. The average Bonchev–Trinajstić information content (AvgIpc) is 2.26. The number of fused-ring (bicyclic) bond motifs is 1. The highest BCUT2D eigenvalue weighted by Gasteiger charge is 2.10. The van der Waals surface area contributed by atoms with Gasteiger partial charge in [-0.1, -0.05) is 11.6 Å². The van der Waals surface area contributed by atoms with Gasteiger partial charge in [0.2, 0.25) is 5.82 Å². The van der Waals surface area contributed by atoms with E-state index in [4.69, 9.17) is 16.3 Å². The fourth-order valence-electron chi connectivity index (χ4n) is 1.34. The number of H-pyrrole nitrogens is 1. The Hall–Kier alpha value is -1.55. The molecule has 2 aromatic rings. The normalized spacial score (nSPS) is 10.6. The summed E-state index contributed by atoms with van der Waals surface area (Å²) in [5, 5.41) is 0.237. The third-order valence-corrected chi connectivity index (χ3v) is 2.47. The molecule has 2 rings (SSSR count). The fourth-order valence-corrected chi connectivity index (χ4v) is 1.58. The first-order valence-corrected chi connectivity index (χ1v) is 4.56. The fraction of sp³-hybridized carbons (Fsp3) is 0.100. The summed E-state index contributed by atoms with van der Waals surface area (Å²) in [7, 11) is 1.50. The van der Waals surface area contributed by atoms with Crippen molar-refractivity contribution in [1.82, 2.24) is 4.98 Å². The van der Waals surface area contributed by atoms with Gasteiger partial charge in [0.1, 0.15) is 5.75 Å². The monoisotopic (exact) mass is 227 g/mol. The molecule has 0 aliphatic carbocycles. The summed E-state index contributed by atoms with van der Waals surface area (Å²) in [5.41, 5.74) is -0.343. The Labute approximate surface area is 89.4 Å². The molecule has 0 saturated carbocycles. The Morgan fingerprint density at radius 2 is 2.20 bits per heavy atom. The summed E-state index contributed by atoms with van der Waals surface area (Å²) in [6.45, 7) is 0. The number of methoxy groups -OCH3 is 1. The molecule has 1 N–H and O–H groups in total. The number of rotatable bonds is 1. The highest BCUT2D eigenvalue weighted by atomic mass is 35.5. The molecular weight excluding hydrogens is 221 g/mol. The number of pyridine rings is 1. The van der Waals surface area contributed by atoms with Crippen molar-refractivity contribution >= 4 is 22.5 Å². The van der Waals surface area contributed by atoms with Gasteiger partial charge in [-0.3, -0.25) is 4.79 Å². The van der Waals surface area contributed by atoms with Gasteiger partial charge in [0.15, 0.2) is 0 Å². The number of hydrogen-bond acceptors (Lipinski definition) is 2. The molecule has 1 aromatic carbocycles. The maximum Gasteiger partial charge on any atom is 0.286 e. The Bertz CT molecular complexity index is 579. The summed E-state index contributed by atoms with van der Waals surface area (Å²) in [6.07, 6.45) is 0. The minimum Gasteiger partial charge on any atom is -0.497 e. The Kier molecular flexibility index (Phi) is 2.36. The molecule has 0 saturated heterocycles. The molecule has 78 valence electrons. The van der Waals surface area contributed by atoms with E-state index in [2.05, 4.69) is 4.98 Å². The maximum absolute atomic E-state index is 13.2. The van der Waals surface area contributed by atoms with Crippen LogP contribution in [0.15, 0.2) is 23.0 Å². The maximum atomic E-state index is 13.2. The van der Waals surface area contributed by atoms with E-state index in [0.717, 1.165) is 0 Å². The number of ether oxygens (including phenoxy) is 1. The zero-order valence-corrected chi connectivity index (χ0v) is 8.56. The average molecular weight is 228 g/mol. The third-order valence-electron chi connectivity index (χ3n) is 2.10. The molecule has 0 radical (unpaired) electrons. The van der Waals surface area contributed by atoms with Crippen LogP contribution in [-0.4, -0.2) is 12.1 Å². The van der Waals surface area contributed by atoms with E-state index in [1.54, 1.807) is 18.2 Å². The molecule has 0 bridgehead atoms. The third kappa shape index (κ3) is 1.57. The van der Waals surface area contributed by atoms with E-state index in [0.29, 0.717) is 16.7 Å². The lowest BCUT2D eigenvalue weighted by Crippen LogP contribution is -2.10. The molecule has 0 atom stereocenters. The summed E-state index contributed by atoms with van der Waals surface area (Å²) in [6, 6.07) is 4.84. The van der Waals surface area contributed by atoms with Crippen LogP contribution in [0.2, 0.25) is 5.02 Å². The summed E-state index contributed by atoms with van der Waals surface area (Å²) >= 11 is 5.71. The molecular formula is C10H7ClFNO2. The Morgan fingerprint density at radius 3 is 2.87 bits per heavy atom. The first kappa shape index (κ1) is 9.98. The number of hydrogen-bond donors (Lipinski definition) is 1. The van der Waals surface area contributed by atoms with E-state index in [1.165, 1.54) is 7.11 Å². The van der Waals surface area contributed by atoms with Crippen LogP contribution in [0.5, 0.6) is 5.75 Å². The van der Waals surface area contributed by atoms with Crippen molar-refractivity contribution in [3.8, 4) is 5.75 Å². The Morgan fingerprint density at radius 1 is 1.47 bits per heavy atom. The lowest BCUT2D eigenvalue weighted by Gasteiger charge is -2.04. The minimum absolute atomic E-state index is 0.187. The number of aromatic nitrogens is 1. The summed E-state index contributed by atoms with van der Waals surface area (Å²) in [5.74, 6) is -0.423. The second-order valence-electron chi connectivity index (χ2n) is 2.99. The highest BCUT2D eigenvalue weighted by Crippen LogP contribution is 2.26. The van der Waals surface area contributed by atoms with E-state index >= 15 is 0 Å². The van der Waals surface area contributed by atoms with Crippen LogP contribution in [0.25, 0.3) is 10.9 Å². The van der Waals surface area contributed by atoms with E-state index in [-0.39, 0.29) is 5.02 Å². The smallest absolute Gasteiger partial charge is 0.286 e. The quantitative estimate of drug-likeness (QED) is 0.813. The van der Waals surface area contributed by atoms with Gasteiger partial charge in [0.25, 0.3) is 5.56 Å². The molecule has 0 spiro atoms. The van der Waals surface area contributed by atoms with Crippen molar-refractivity contribution in [2.24, 2.45) is 0 Å². The molecule has 0 unspecified atom stereocenters. The van der Waals surface area contributed by atoms with Crippen LogP contribution < -0.4 is 10.3 Å². The highest BCUT2D eigenvalue weighted by molar-refractivity contribution is 6.35. The molecule has 15 heavy (non-hydrogen) atoms. The van der Waals surface area contributed by atoms with Gasteiger partial charge in [0, 0.05) is 5.39 Å². The largest absolute Gasteiger partial charge is 0.497 e. The predicted octanol–water partition coefficient (Wildman–Crippen LogP) is 2.33. The molecule has 1 aromatic heterocycles. The van der Waals surface area contributed by atoms with Crippen LogP contribution >= 0.6 is 11.6 Å². The Balaban J connectivity index is 2.87. The van der Waals surface area contributed by atoms with Crippen LogP contribution in [-0.2, 0) is 0 Å².